The zero-order valence-corrected chi connectivity index (χ0v) is 16.7. The summed E-state index contributed by atoms with van der Waals surface area (Å²) in [6.07, 6.45) is 0. The Balaban J connectivity index is 2.51. The summed E-state index contributed by atoms with van der Waals surface area (Å²) in [5, 5.41) is 6.07. The SMILES string of the molecule is CC(C(=O)NC(C)(C)C)N1CCN(C(C)C(=O)NC(C)(C)C)CC1. The van der Waals surface area contributed by atoms with Gasteiger partial charge in [-0.1, -0.05) is 0 Å². The van der Waals surface area contributed by atoms with Gasteiger partial charge in [-0.05, 0) is 55.4 Å². The van der Waals surface area contributed by atoms with Gasteiger partial charge in [-0.15, -0.1) is 0 Å². The standard InChI is InChI=1S/C18H36N4O2/c1-13(15(23)19-17(3,4)5)21-9-11-22(12-10-21)14(2)16(24)20-18(6,7)8/h13-14H,9-12H2,1-8H3,(H,19,23)(H,20,24). The molecule has 24 heavy (non-hydrogen) atoms. The molecule has 0 aromatic rings. The molecule has 1 aliphatic rings. The minimum atomic E-state index is -0.216. The van der Waals surface area contributed by atoms with Gasteiger partial charge < -0.3 is 10.6 Å². The Hall–Kier alpha value is -1.14. The third-order valence-corrected chi connectivity index (χ3v) is 4.20. The van der Waals surface area contributed by atoms with Crippen molar-refractivity contribution < 1.29 is 9.59 Å². The second-order valence-corrected chi connectivity index (χ2v) is 8.90. The lowest BCUT2D eigenvalue weighted by atomic mass is 10.1. The van der Waals surface area contributed by atoms with E-state index in [1.165, 1.54) is 0 Å². The van der Waals surface area contributed by atoms with Gasteiger partial charge in [-0.25, -0.2) is 0 Å². The van der Waals surface area contributed by atoms with Crippen LogP contribution in [-0.4, -0.2) is 71.0 Å². The van der Waals surface area contributed by atoms with Crippen molar-refractivity contribution >= 4 is 11.8 Å². The summed E-state index contributed by atoms with van der Waals surface area (Å²) in [4.78, 5) is 29.0. The van der Waals surface area contributed by atoms with Crippen molar-refractivity contribution in [2.45, 2.75) is 78.6 Å². The minimum absolute atomic E-state index is 0.0643. The van der Waals surface area contributed by atoms with Crippen molar-refractivity contribution in [3.8, 4) is 0 Å². The van der Waals surface area contributed by atoms with Crippen LogP contribution in [0.15, 0.2) is 0 Å². The molecule has 2 N–H and O–H groups in total. The largest absolute Gasteiger partial charge is 0.350 e. The lowest BCUT2D eigenvalue weighted by molar-refractivity contribution is -0.131. The molecule has 1 fully saturated rings. The zero-order chi connectivity index (χ0) is 18.7. The number of carbonyl (C=O) groups is 2. The first-order chi connectivity index (χ1) is 10.8. The average molecular weight is 341 g/mol. The van der Waals surface area contributed by atoms with Gasteiger partial charge >= 0.3 is 0 Å². The Morgan fingerprint density at radius 2 is 0.958 bits per heavy atom. The molecular weight excluding hydrogens is 304 g/mol. The van der Waals surface area contributed by atoms with Crippen molar-refractivity contribution in [1.82, 2.24) is 20.4 Å². The first-order valence-electron chi connectivity index (χ1n) is 8.92. The van der Waals surface area contributed by atoms with E-state index in [1.54, 1.807) is 0 Å². The highest BCUT2D eigenvalue weighted by atomic mass is 16.2. The van der Waals surface area contributed by atoms with E-state index in [4.69, 9.17) is 0 Å². The second kappa shape index (κ2) is 7.83. The molecule has 1 heterocycles. The molecule has 140 valence electrons. The van der Waals surface area contributed by atoms with Crippen LogP contribution in [0.2, 0.25) is 0 Å². The van der Waals surface area contributed by atoms with E-state index in [2.05, 4.69) is 20.4 Å². The molecule has 2 atom stereocenters. The summed E-state index contributed by atoms with van der Waals surface area (Å²) in [5.74, 6) is 0.129. The molecule has 0 radical (unpaired) electrons. The third kappa shape index (κ3) is 6.77. The molecule has 0 aromatic heterocycles. The quantitative estimate of drug-likeness (QED) is 0.807. The van der Waals surface area contributed by atoms with Crippen molar-refractivity contribution in [3.05, 3.63) is 0 Å². The van der Waals surface area contributed by atoms with Crippen LogP contribution in [0.4, 0.5) is 0 Å². The van der Waals surface area contributed by atoms with E-state index in [0.29, 0.717) is 0 Å². The summed E-state index contributed by atoms with van der Waals surface area (Å²) < 4.78 is 0. The summed E-state index contributed by atoms with van der Waals surface area (Å²) in [7, 11) is 0. The van der Waals surface area contributed by atoms with Crippen LogP contribution in [-0.2, 0) is 9.59 Å². The summed E-state index contributed by atoms with van der Waals surface area (Å²) in [6.45, 7) is 19.0. The van der Waals surface area contributed by atoms with Gasteiger partial charge in [0.15, 0.2) is 0 Å². The number of nitrogens with one attached hydrogen (secondary N) is 2. The van der Waals surface area contributed by atoms with Gasteiger partial charge in [0.2, 0.25) is 11.8 Å². The van der Waals surface area contributed by atoms with Gasteiger partial charge in [-0.3, -0.25) is 19.4 Å². The van der Waals surface area contributed by atoms with Crippen LogP contribution in [0.25, 0.3) is 0 Å². The molecule has 6 nitrogen and oxygen atoms in total. The number of rotatable bonds is 4. The van der Waals surface area contributed by atoms with Crippen LogP contribution in [0.1, 0.15) is 55.4 Å². The van der Waals surface area contributed by atoms with E-state index in [1.807, 2.05) is 55.4 Å². The number of carbonyl (C=O) groups excluding carboxylic acids is 2. The van der Waals surface area contributed by atoms with Gasteiger partial charge in [0.25, 0.3) is 0 Å². The topological polar surface area (TPSA) is 64.7 Å². The predicted octanol–water partition coefficient (Wildman–Crippen LogP) is 1.21. The lowest BCUT2D eigenvalue weighted by Gasteiger charge is -2.40. The van der Waals surface area contributed by atoms with Gasteiger partial charge in [0.05, 0.1) is 12.1 Å². The Labute approximate surface area is 147 Å². The maximum Gasteiger partial charge on any atom is 0.237 e. The monoisotopic (exact) mass is 340 g/mol. The van der Waals surface area contributed by atoms with Gasteiger partial charge in [-0.2, -0.15) is 0 Å². The van der Waals surface area contributed by atoms with Crippen LogP contribution in [0.3, 0.4) is 0 Å². The summed E-state index contributed by atoms with van der Waals surface area (Å²) in [5.41, 5.74) is -0.431. The maximum absolute atomic E-state index is 12.3. The second-order valence-electron chi connectivity index (χ2n) is 8.90. The maximum atomic E-state index is 12.3. The fourth-order valence-electron chi connectivity index (χ4n) is 2.79. The van der Waals surface area contributed by atoms with E-state index in [-0.39, 0.29) is 35.0 Å². The molecule has 1 rings (SSSR count). The number of hydrogen-bond acceptors (Lipinski definition) is 4. The Kier molecular flexibility index (Phi) is 6.82. The lowest BCUT2D eigenvalue weighted by Crippen LogP contribution is -2.59. The Morgan fingerprint density at radius 3 is 1.17 bits per heavy atom. The molecule has 1 saturated heterocycles. The van der Waals surface area contributed by atoms with E-state index < -0.39 is 0 Å². The minimum Gasteiger partial charge on any atom is -0.350 e. The van der Waals surface area contributed by atoms with Crippen molar-refractivity contribution in [1.29, 1.82) is 0 Å². The van der Waals surface area contributed by atoms with E-state index >= 15 is 0 Å². The number of hydrogen-bond donors (Lipinski definition) is 2. The third-order valence-electron chi connectivity index (χ3n) is 4.20. The van der Waals surface area contributed by atoms with E-state index in [0.717, 1.165) is 26.2 Å². The fourth-order valence-corrected chi connectivity index (χ4v) is 2.79. The fraction of sp³-hybridized carbons (Fsp3) is 0.889. The van der Waals surface area contributed by atoms with Crippen LogP contribution in [0.5, 0.6) is 0 Å². The first kappa shape index (κ1) is 20.9. The molecule has 0 saturated carbocycles. The molecule has 0 aromatic carbocycles. The Morgan fingerprint density at radius 1 is 0.708 bits per heavy atom. The van der Waals surface area contributed by atoms with Gasteiger partial charge in [0.1, 0.15) is 0 Å². The molecule has 6 heteroatoms. The molecular formula is C18H36N4O2. The summed E-state index contributed by atoms with van der Waals surface area (Å²) >= 11 is 0. The average Bonchev–Trinajstić information content (AvgIpc) is 2.42. The van der Waals surface area contributed by atoms with E-state index in [9.17, 15) is 9.59 Å². The number of amides is 2. The highest BCUT2D eigenvalue weighted by molar-refractivity contribution is 5.82. The molecule has 2 amide bonds. The number of nitrogens with zero attached hydrogens (tertiary/aromatic N) is 2. The van der Waals surface area contributed by atoms with Crippen molar-refractivity contribution in [2.24, 2.45) is 0 Å². The normalized spacial score (nSPS) is 20.3. The van der Waals surface area contributed by atoms with Crippen molar-refractivity contribution in [3.63, 3.8) is 0 Å². The molecule has 0 aliphatic carbocycles. The predicted molar refractivity (Wildman–Crippen MR) is 97.9 cm³/mol. The molecule has 1 aliphatic heterocycles. The van der Waals surface area contributed by atoms with Crippen molar-refractivity contribution in [2.75, 3.05) is 26.2 Å². The Bertz CT molecular complexity index is 401. The summed E-state index contributed by atoms with van der Waals surface area (Å²) in [6, 6.07) is -0.296. The molecule has 0 spiro atoms. The molecule has 2 unspecified atom stereocenters. The first-order valence-corrected chi connectivity index (χ1v) is 8.92. The smallest absolute Gasteiger partial charge is 0.237 e. The zero-order valence-electron chi connectivity index (χ0n) is 16.7. The molecule has 0 bridgehead atoms. The highest BCUT2D eigenvalue weighted by Crippen LogP contribution is 2.12. The van der Waals surface area contributed by atoms with Crippen LogP contribution >= 0.6 is 0 Å². The number of piperazine rings is 1. The van der Waals surface area contributed by atoms with Gasteiger partial charge in [0, 0.05) is 37.3 Å². The van der Waals surface area contributed by atoms with Crippen LogP contribution < -0.4 is 10.6 Å². The van der Waals surface area contributed by atoms with Crippen LogP contribution in [0, 0.1) is 0 Å². The highest BCUT2D eigenvalue weighted by Gasteiger charge is 2.31.